The zero-order valence-electron chi connectivity index (χ0n) is 16.2. The van der Waals surface area contributed by atoms with Crippen molar-refractivity contribution >= 4 is 29.9 Å². The standard InChI is InChI=1S/C20H24F3N3O2.HI/c1-3-24-19(25-12-14-4-8-16(9-5-14)20(21,22)23)26-13-18(27)15-6-10-17(28-2)11-7-15;/h4-11,18,27H,3,12-13H2,1-2H3,(H2,24,25,26);1H. The average Bonchev–Trinajstić information content (AvgIpc) is 2.69. The summed E-state index contributed by atoms with van der Waals surface area (Å²) in [4.78, 5) is 4.35. The van der Waals surface area contributed by atoms with Crippen LogP contribution >= 0.6 is 24.0 Å². The van der Waals surface area contributed by atoms with Crippen LogP contribution in [-0.2, 0) is 12.7 Å². The van der Waals surface area contributed by atoms with Gasteiger partial charge in [-0.2, -0.15) is 13.2 Å². The molecule has 160 valence electrons. The van der Waals surface area contributed by atoms with Crippen LogP contribution in [0.5, 0.6) is 5.75 Å². The molecule has 0 aliphatic heterocycles. The Morgan fingerprint density at radius 3 is 2.21 bits per heavy atom. The number of rotatable bonds is 7. The topological polar surface area (TPSA) is 65.9 Å². The molecule has 0 bridgehead atoms. The van der Waals surface area contributed by atoms with Crippen molar-refractivity contribution in [1.82, 2.24) is 10.6 Å². The maximum absolute atomic E-state index is 12.6. The maximum atomic E-state index is 12.6. The number of hydrogen-bond donors (Lipinski definition) is 3. The Balaban J connectivity index is 0.00000420. The minimum absolute atomic E-state index is 0. The molecule has 0 aromatic heterocycles. The third kappa shape index (κ3) is 8.09. The van der Waals surface area contributed by atoms with E-state index in [0.29, 0.717) is 23.8 Å². The predicted molar refractivity (Wildman–Crippen MR) is 118 cm³/mol. The highest BCUT2D eigenvalue weighted by atomic mass is 127. The molecule has 0 aliphatic carbocycles. The van der Waals surface area contributed by atoms with E-state index in [1.165, 1.54) is 12.1 Å². The molecule has 3 N–H and O–H groups in total. The molecular weight excluding hydrogens is 498 g/mol. The monoisotopic (exact) mass is 523 g/mol. The number of benzene rings is 2. The second kappa shape index (κ2) is 11.9. The Labute approximate surface area is 185 Å². The Morgan fingerprint density at radius 2 is 1.69 bits per heavy atom. The quantitative estimate of drug-likeness (QED) is 0.290. The van der Waals surface area contributed by atoms with Crippen LogP contribution in [0.15, 0.2) is 53.5 Å². The van der Waals surface area contributed by atoms with Gasteiger partial charge in [0.25, 0.3) is 0 Å². The van der Waals surface area contributed by atoms with Crippen LogP contribution in [0.3, 0.4) is 0 Å². The van der Waals surface area contributed by atoms with Gasteiger partial charge < -0.3 is 20.5 Å². The van der Waals surface area contributed by atoms with Crippen LogP contribution in [0.1, 0.15) is 29.7 Å². The molecule has 1 atom stereocenters. The van der Waals surface area contributed by atoms with E-state index < -0.39 is 17.8 Å². The van der Waals surface area contributed by atoms with E-state index in [4.69, 9.17) is 4.74 Å². The number of methoxy groups -OCH3 is 1. The number of alkyl halides is 3. The minimum Gasteiger partial charge on any atom is -0.497 e. The van der Waals surface area contributed by atoms with E-state index in [0.717, 1.165) is 17.7 Å². The summed E-state index contributed by atoms with van der Waals surface area (Å²) >= 11 is 0. The highest BCUT2D eigenvalue weighted by molar-refractivity contribution is 14.0. The smallest absolute Gasteiger partial charge is 0.416 e. The number of nitrogens with zero attached hydrogens (tertiary/aromatic N) is 1. The van der Waals surface area contributed by atoms with E-state index in [9.17, 15) is 18.3 Å². The van der Waals surface area contributed by atoms with Gasteiger partial charge in [0.1, 0.15) is 5.75 Å². The zero-order valence-corrected chi connectivity index (χ0v) is 18.5. The summed E-state index contributed by atoms with van der Waals surface area (Å²) in [7, 11) is 1.57. The molecule has 0 amide bonds. The van der Waals surface area contributed by atoms with Crippen molar-refractivity contribution < 1.29 is 23.0 Å². The molecule has 2 aromatic rings. The Morgan fingerprint density at radius 1 is 1.07 bits per heavy atom. The number of aliphatic hydroxyl groups excluding tert-OH is 1. The molecule has 0 radical (unpaired) electrons. The highest BCUT2D eigenvalue weighted by Gasteiger charge is 2.29. The second-order valence-corrected chi connectivity index (χ2v) is 6.06. The van der Waals surface area contributed by atoms with Gasteiger partial charge in [0, 0.05) is 13.1 Å². The van der Waals surface area contributed by atoms with Crippen LogP contribution in [0, 0.1) is 0 Å². The summed E-state index contributed by atoms with van der Waals surface area (Å²) in [5, 5.41) is 16.4. The summed E-state index contributed by atoms with van der Waals surface area (Å²) in [5.74, 6) is 1.17. The van der Waals surface area contributed by atoms with Crippen molar-refractivity contribution in [3.05, 3.63) is 65.2 Å². The first kappa shape index (κ1) is 25.0. The molecule has 0 saturated carbocycles. The molecule has 29 heavy (non-hydrogen) atoms. The van der Waals surface area contributed by atoms with E-state index >= 15 is 0 Å². The molecule has 1 unspecified atom stereocenters. The summed E-state index contributed by atoms with van der Waals surface area (Å²) in [6.45, 7) is 2.95. The third-order valence-electron chi connectivity index (χ3n) is 4.01. The number of nitrogens with one attached hydrogen (secondary N) is 2. The SMILES string of the molecule is CCNC(=NCc1ccc(C(F)(F)F)cc1)NCC(O)c1ccc(OC)cc1.I. The third-order valence-corrected chi connectivity index (χ3v) is 4.01. The van der Waals surface area contributed by atoms with Crippen molar-refractivity contribution in [3.63, 3.8) is 0 Å². The highest BCUT2D eigenvalue weighted by Crippen LogP contribution is 2.29. The first-order valence-corrected chi connectivity index (χ1v) is 8.83. The van der Waals surface area contributed by atoms with Crippen molar-refractivity contribution in [3.8, 4) is 5.75 Å². The molecule has 9 heteroatoms. The largest absolute Gasteiger partial charge is 0.497 e. The van der Waals surface area contributed by atoms with Gasteiger partial charge in [0.2, 0.25) is 0 Å². The van der Waals surface area contributed by atoms with Gasteiger partial charge in [-0.3, -0.25) is 0 Å². The minimum atomic E-state index is -4.35. The first-order valence-electron chi connectivity index (χ1n) is 8.83. The van der Waals surface area contributed by atoms with Gasteiger partial charge in [-0.15, -0.1) is 24.0 Å². The zero-order chi connectivity index (χ0) is 20.6. The lowest BCUT2D eigenvalue weighted by molar-refractivity contribution is -0.137. The maximum Gasteiger partial charge on any atom is 0.416 e. The number of ether oxygens (including phenoxy) is 1. The Hall–Kier alpha value is -2.01. The average molecular weight is 523 g/mol. The van der Waals surface area contributed by atoms with Crippen LogP contribution in [-0.4, -0.2) is 31.3 Å². The van der Waals surface area contributed by atoms with Gasteiger partial charge in [0.05, 0.1) is 25.3 Å². The molecule has 0 fully saturated rings. The van der Waals surface area contributed by atoms with Gasteiger partial charge in [-0.1, -0.05) is 24.3 Å². The molecule has 5 nitrogen and oxygen atoms in total. The fourth-order valence-electron chi connectivity index (χ4n) is 2.45. The predicted octanol–water partition coefficient (Wildman–Crippen LogP) is 4.12. The van der Waals surface area contributed by atoms with Crippen LogP contribution < -0.4 is 15.4 Å². The number of guanidine groups is 1. The Kier molecular flexibility index (Phi) is 10.2. The number of hydrogen-bond acceptors (Lipinski definition) is 3. The lowest BCUT2D eigenvalue weighted by atomic mass is 10.1. The molecule has 0 heterocycles. The normalized spacial score (nSPS) is 12.7. The van der Waals surface area contributed by atoms with Crippen LogP contribution in [0.2, 0.25) is 0 Å². The number of aliphatic imine (C=N–C) groups is 1. The fourth-order valence-corrected chi connectivity index (χ4v) is 2.45. The van der Waals surface area contributed by atoms with Crippen molar-refractivity contribution in [2.24, 2.45) is 4.99 Å². The van der Waals surface area contributed by atoms with Gasteiger partial charge in [0.15, 0.2) is 5.96 Å². The Bertz CT molecular complexity index is 766. The van der Waals surface area contributed by atoms with E-state index in [1.807, 2.05) is 6.92 Å². The van der Waals surface area contributed by atoms with Gasteiger partial charge in [-0.25, -0.2) is 4.99 Å². The molecule has 2 rings (SSSR count). The van der Waals surface area contributed by atoms with Crippen LogP contribution in [0.25, 0.3) is 0 Å². The van der Waals surface area contributed by atoms with E-state index in [-0.39, 0.29) is 37.1 Å². The fraction of sp³-hybridized carbons (Fsp3) is 0.350. The lowest BCUT2D eigenvalue weighted by Gasteiger charge is -2.16. The number of aliphatic hydroxyl groups is 1. The first-order chi connectivity index (χ1) is 13.3. The van der Waals surface area contributed by atoms with Crippen molar-refractivity contribution in [2.75, 3.05) is 20.2 Å². The van der Waals surface area contributed by atoms with E-state index in [2.05, 4.69) is 15.6 Å². The van der Waals surface area contributed by atoms with Gasteiger partial charge >= 0.3 is 6.18 Å². The van der Waals surface area contributed by atoms with Crippen molar-refractivity contribution in [2.45, 2.75) is 25.7 Å². The van der Waals surface area contributed by atoms with Crippen LogP contribution in [0.4, 0.5) is 13.2 Å². The van der Waals surface area contributed by atoms with E-state index in [1.54, 1.807) is 31.4 Å². The summed E-state index contributed by atoms with van der Waals surface area (Å²) in [5.41, 5.74) is 0.695. The molecule has 0 spiro atoms. The molecule has 0 aliphatic rings. The summed E-state index contributed by atoms with van der Waals surface area (Å²) in [6.07, 6.45) is -5.10. The van der Waals surface area contributed by atoms with Gasteiger partial charge in [-0.05, 0) is 42.3 Å². The number of halogens is 4. The van der Waals surface area contributed by atoms with Crippen molar-refractivity contribution in [1.29, 1.82) is 0 Å². The summed E-state index contributed by atoms with van der Waals surface area (Å²) in [6, 6.07) is 12.0. The molecule has 0 saturated heterocycles. The molecule has 2 aromatic carbocycles. The molecular formula is C20H25F3IN3O2. The summed E-state index contributed by atoms with van der Waals surface area (Å²) < 4.78 is 42.9. The lowest BCUT2D eigenvalue weighted by Crippen LogP contribution is -2.39. The second-order valence-electron chi connectivity index (χ2n) is 6.06.